The Morgan fingerprint density at radius 3 is 2.59 bits per heavy atom. The number of anilines is 1. The van der Waals surface area contributed by atoms with Crippen LogP contribution in [-0.2, 0) is 0 Å². The summed E-state index contributed by atoms with van der Waals surface area (Å²) in [5, 5.41) is 6.99. The van der Waals surface area contributed by atoms with E-state index < -0.39 is 0 Å². The van der Waals surface area contributed by atoms with Gasteiger partial charge in [0, 0.05) is 38.3 Å². The molecule has 1 aliphatic rings. The van der Waals surface area contributed by atoms with Gasteiger partial charge in [-0.25, -0.2) is 0 Å². The van der Waals surface area contributed by atoms with Crippen molar-refractivity contribution in [1.29, 1.82) is 0 Å². The van der Waals surface area contributed by atoms with Crippen molar-refractivity contribution in [1.82, 2.24) is 10.6 Å². The molecule has 0 bridgehead atoms. The Morgan fingerprint density at radius 2 is 1.86 bits per heavy atom. The van der Waals surface area contributed by atoms with E-state index in [0.717, 1.165) is 31.3 Å². The van der Waals surface area contributed by atoms with E-state index in [0.29, 0.717) is 5.92 Å². The molecule has 2 atom stereocenters. The number of nitrogens with one attached hydrogen (secondary N) is 2. The molecule has 0 radical (unpaired) electrons. The lowest BCUT2D eigenvalue weighted by Crippen LogP contribution is -2.40. The minimum Gasteiger partial charge on any atom is -0.496 e. The zero-order valence-corrected chi connectivity index (χ0v) is 18.1. The summed E-state index contributed by atoms with van der Waals surface area (Å²) in [5.74, 6) is 2.04. The molecule has 5 nitrogen and oxygen atoms in total. The van der Waals surface area contributed by atoms with Gasteiger partial charge >= 0.3 is 0 Å². The minimum absolute atomic E-state index is 0.172. The number of ether oxygens (including phenoxy) is 1. The fraction of sp³-hybridized carbons (Fsp3) is 0.458. The van der Waals surface area contributed by atoms with Crippen LogP contribution in [0.25, 0.3) is 0 Å². The van der Waals surface area contributed by atoms with Gasteiger partial charge in [0.05, 0.1) is 13.2 Å². The van der Waals surface area contributed by atoms with Crippen molar-refractivity contribution in [3.63, 3.8) is 0 Å². The van der Waals surface area contributed by atoms with Crippen molar-refractivity contribution in [2.45, 2.75) is 38.6 Å². The van der Waals surface area contributed by atoms with Crippen LogP contribution in [0.1, 0.15) is 49.8 Å². The van der Waals surface area contributed by atoms with Gasteiger partial charge in [0.2, 0.25) is 0 Å². The summed E-state index contributed by atoms with van der Waals surface area (Å²) in [5.41, 5.74) is 3.79. The minimum atomic E-state index is 0.172. The second-order valence-electron chi connectivity index (χ2n) is 7.75. The molecule has 1 saturated heterocycles. The molecule has 0 spiro atoms. The monoisotopic (exact) mass is 394 g/mol. The zero-order chi connectivity index (χ0) is 20.6. The Morgan fingerprint density at radius 1 is 1.10 bits per heavy atom. The molecule has 1 heterocycles. The molecule has 2 aromatic rings. The first-order valence-electron chi connectivity index (χ1n) is 10.6. The molecular formula is C24H34N4O. The van der Waals surface area contributed by atoms with Gasteiger partial charge in [-0.2, -0.15) is 0 Å². The van der Waals surface area contributed by atoms with Crippen LogP contribution in [-0.4, -0.2) is 39.8 Å². The van der Waals surface area contributed by atoms with E-state index >= 15 is 0 Å². The van der Waals surface area contributed by atoms with Crippen molar-refractivity contribution >= 4 is 11.6 Å². The van der Waals surface area contributed by atoms with Crippen LogP contribution in [0, 0.1) is 0 Å². The molecule has 1 aliphatic heterocycles. The maximum Gasteiger partial charge on any atom is 0.191 e. The zero-order valence-electron chi connectivity index (χ0n) is 18.1. The number of hydrogen-bond donors (Lipinski definition) is 2. The molecule has 0 aromatic heterocycles. The van der Waals surface area contributed by atoms with Crippen LogP contribution < -0.4 is 20.3 Å². The van der Waals surface area contributed by atoms with Crippen LogP contribution in [0.3, 0.4) is 0 Å². The standard InChI is InChI=1S/C24H34N4O/c1-18(22-12-5-6-13-23(22)29-4)17-26-24(25-3)27-19(2)20-10-9-11-21(16-20)28-14-7-8-15-28/h5-6,9-13,16,18-19H,7-8,14-15,17H2,1-4H3,(H2,25,26,27). The summed E-state index contributed by atoms with van der Waals surface area (Å²) in [7, 11) is 3.54. The number of methoxy groups -OCH3 is 1. The van der Waals surface area contributed by atoms with E-state index in [1.54, 1.807) is 7.11 Å². The number of hydrogen-bond acceptors (Lipinski definition) is 3. The average Bonchev–Trinajstić information content (AvgIpc) is 3.31. The van der Waals surface area contributed by atoms with Crippen molar-refractivity contribution < 1.29 is 4.74 Å². The molecular weight excluding hydrogens is 360 g/mol. The number of nitrogens with zero attached hydrogens (tertiary/aromatic N) is 2. The van der Waals surface area contributed by atoms with Crippen molar-refractivity contribution in [3.05, 3.63) is 59.7 Å². The maximum absolute atomic E-state index is 5.50. The third-order valence-electron chi connectivity index (χ3n) is 5.66. The molecule has 1 fully saturated rings. The normalized spacial score (nSPS) is 16.4. The third-order valence-corrected chi connectivity index (χ3v) is 5.66. The highest BCUT2D eigenvalue weighted by Crippen LogP contribution is 2.26. The van der Waals surface area contributed by atoms with Gasteiger partial charge < -0.3 is 20.3 Å². The van der Waals surface area contributed by atoms with E-state index in [1.165, 1.54) is 29.7 Å². The number of para-hydroxylation sites is 1. The summed E-state index contributed by atoms with van der Waals surface area (Å²) >= 11 is 0. The Balaban J connectivity index is 1.59. The third kappa shape index (κ3) is 5.43. The molecule has 2 aromatic carbocycles. The molecule has 2 N–H and O–H groups in total. The Hall–Kier alpha value is -2.69. The van der Waals surface area contributed by atoms with Gasteiger partial charge in [-0.3, -0.25) is 4.99 Å². The summed E-state index contributed by atoms with van der Waals surface area (Å²) in [6.07, 6.45) is 2.58. The van der Waals surface area contributed by atoms with Crippen LogP contribution in [0.5, 0.6) is 5.75 Å². The van der Waals surface area contributed by atoms with Crippen LogP contribution in [0.4, 0.5) is 5.69 Å². The topological polar surface area (TPSA) is 48.9 Å². The van der Waals surface area contributed by atoms with E-state index in [2.05, 4.69) is 70.8 Å². The second-order valence-corrected chi connectivity index (χ2v) is 7.75. The quantitative estimate of drug-likeness (QED) is 0.542. The van der Waals surface area contributed by atoms with Crippen molar-refractivity contribution in [2.24, 2.45) is 4.99 Å². The Labute approximate surface area is 175 Å². The van der Waals surface area contributed by atoms with Gasteiger partial charge in [0.25, 0.3) is 0 Å². The van der Waals surface area contributed by atoms with Crippen LogP contribution in [0.15, 0.2) is 53.5 Å². The number of benzene rings is 2. The molecule has 0 aliphatic carbocycles. The summed E-state index contributed by atoms with van der Waals surface area (Å²) < 4.78 is 5.50. The molecule has 0 amide bonds. The number of aliphatic imine (C=N–C) groups is 1. The SMILES string of the molecule is CN=C(NCC(C)c1ccccc1OC)NC(C)c1cccc(N2CCCC2)c1. The number of rotatable bonds is 7. The van der Waals surface area contributed by atoms with Gasteiger partial charge in [0.1, 0.15) is 5.75 Å². The first kappa shape index (κ1) is 21.0. The maximum atomic E-state index is 5.50. The van der Waals surface area contributed by atoms with Gasteiger partial charge in [0.15, 0.2) is 5.96 Å². The van der Waals surface area contributed by atoms with Crippen molar-refractivity contribution in [2.75, 3.05) is 38.7 Å². The van der Waals surface area contributed by atoms with Crippen LogP contribution >= 0.6 is 0 Å². The molecule has 156 valence electrons. The Bertz CT molecular complexity index is 814. The first-order chi connectivity index (χ1) is 14.1. The highest BCUT2D eigenvalue weighted by Gasteiger charge is 2.15. The molecule has 3 rings (SSSR count). The van der Waals surface area contributed by atoms with Gasteiger partial charge in [-0.05, 0) is 49.1 Å². The predicted octanol–water partition coefficient (Wildman–Crippen LogP) is 4.33. The highest BCUT2D eigenvalue weighted by atomic mass is 16.5. The molecule has 5 heteroatoms. The lowest BCUT2D eigenvalue weighted by atomic mass is 10.0. The van der Waals surface area contributed by atoms with Gasteiger partial charge in [-0.15, -0.1) is 0 Å². The second kappa shape index (κ2) is 10.2. The average molecular weight is 395 g/mol. The van der Waals surface area contributed by atoms with Crippen molar-refractivity contribution in [3.8, 4) is 5.75 Å². The highest BCUT2D eigenvalue weighted by molar-refractivity contribution is 5.80. The van der Waals surface area contributed by atoms with E-state index in [9.17, 15) is 0 Å². The lowest BCUT2D eigenvalue weighted by Gasteiger charge is -2.23. The molecule has 0 saturated carbocycles. The largest absolute Gasteiger partial charge is 0.496 e. The summed E-state index contributed by atoms with van der Waals surface area (Å²) in [6.45, 7) is 7.48. The molecule has 29 heavy (non-hydrogen) atoms. The van der Waals surface area contributed by atoms with Gasteiger partial charge in [-0.1, -0.05) is 37.3 Å². The Kier molecular flexibility index (Phi) is 7.39. The summed E-state index contributed by atoms with van der Waals surface area (Å²) in [6, 6.07) is 17.2. The van der Waals surface area contributed by atoms with E-state index in [4.69, 9.17) is 4.74 Å². The van der Waals surface area contributed by atoms with Crippen LogP contribution in [0.2, 0.25) is 0 Å². The predicted molar refractivity (Wildman–Crippen MR) is 122 cm³/mol. The fourth-order valence-electron chi connectivity index (χ4n) is 3.88. The molecule has 2 unspecified atom stereocenters. The smallest absolute Gasteiger partial charge is 0.191 e. The fourth-order valence-corrected chi connectivity index (χ4v) is 3.88. The lowest BCUT2D eigenvalue weighted by molar-refractivity contribution is 0.406. The first-order valence-corrected chi connectivity index (χ1v) is 10.6. The van der Waals surface area contributed by atoms with E-state index in [1.807, 2.05) is 19.2 Å². The van der Waals surface area contributed by atoms with E-state index in [-0.39, 0.29) is 6.04 Å². The number of guanidine groups is 1. The summed E-state index contributed by atoms with van der Waals surface area (Å²) in [4.78, 5) is 6.88.